The first-order valence-corrected chi connectivity index (χ1v) is 9.81. The van der Waals surface area contributed by atoms with E-state index in [2.05, 4.69) is 5.32 Å². The number of aryl methyl sites for hydroxylation is 1. The molecule has 3 amide bonds. The van der Waals surface area contributed by atoms with Crippen LogP contribution in [0.4, 0.5) is 4.79 Å². The smallest absolute Gasteiger partial charge is 0.408 e. The summed E-state index contributed by atoms with van der Waals surface area (Å²) in [6, 6.07) is 9.95. The summed E-state index contributed by atoms with van der Waals surface area (Å²) in [5, 5.41) is 2.50. The molecule has 1 aliphatic heterocycles. The summed E-state index contributed by atoms with van der Waals surface area (Å²) in [5.41, 5.74) is 0.548. The molecule has 1 aromatic carbocycles. The summed E-state index contributed by atoms with van der Waals surface area (Å²) >= 11 is 0. The SMILES string of the molecule is CC(C)(C)OC(=O)NCC(=O)N1CCCN(C(=O)CCc2ccccc2)CC1. The van der Waals surface area contributed by atoms with E-state index in [-0.39, 0.29) is 18.4 Å². The Kier molecular flexibility index (Phi) is 7.84. The van der Waals surface area contributed by atoms with Gasteiger partial charge in [0, 0.05) is 32.6 Å². The Labute approximate surface area is 167 Å². The molecule has 154 valence electrons. The minimum Gasteiger partial charge on any atom is -0.444 e. The maximum absolute atomic E-state index is 12.5. The zero-order valence-electron chi connectivity index (χ0n) is 17.1. The van der Waals surface area contributed by atoms with Crippen molar-refractivity contribution >= 4 is 17.9 Å². The lowest BCUT2D eigenvalue weighted by atomic mass is 10.1. The van der Waals surface area contributed by atoms with Crippen molar-refractivity contribution in [3.63, 3.8) is 0 Å². The number of carbonyl (C=O) groups is 3. The Bertz CT molecular complexity index is 670. The number of rotatable bonds is 5. The lowest BCUT2D eigenvalue weighted by Crippen LogP contribution is -2.43. The van der Waals surface area contributed by atoms with Crippen LogP contribution in [0.1, 0.15) is 39.2 Å². The van der Waals surface area contributed by atoms with Crippen molar-refractivity contribution in [1.82, 2.24) is 15.1 Å². The molecule has 0 spiro atoms. The quantitative estimate of drug-likeness (QED) is 0.837. The van der Waals surface area contributed by atoms with Gasteiger partial charge in [0.05, 0.1) is 0 Å². The van der Waals surface area contributed by atoms with Gasteiger partial charge in [0.25, 0.3) is 0 Å². The van der Waals surface area contributed by atoms with Crippen LogP contribution in [0.2, 0.25) is 0 Å². The summed E-state index contributed by atoms with van der Waals surface area (Å²) in [7, 11) is 0. The highest BCUT2D eigenvalue weighted by atomic mass is 16.6. The Balaban J connectivity index is 1.75. The molecule has 0 radical (unpaired) electrons. The number of ether oxygens (including phenoxy) is 1. The molecule has 2 rings (SSSR count). The van der Waals surface area contributed by atoms with Gasteiger partial charge in [0.1, 0.15) is 12.1 Å². The number of benzene rings is 1. The summed E-state index contributed by atoms with van der Waals surface area (Å²) < 4.78 is 5.14. The summed E-state index contributed by atoms with van der Waals surface area (Å²) in [6.07, 6.45) is 1.32. The Morgan fingerprint density at radius 3 is 2.18 bits per heavy atom. The molecule has 28 heavy (non-hydrogen) atoms. The van der Waals surface area contributed by atoms with E-state index in [9.17, 15) is 14.4 Å². The van der Waals surface area contributed by atoms with Crippen molar-refractivity contribution < 1.29 is 19.1 Å². The van der Waals surface area contributed by atoms with E-state index >= 15 is 0 Å². The van der Waals surface area contributed by atoms with Gasteiger partial charge in [-0.25, -0.2) is 4.79 Å². The Hall–Kier alpha value is -2.57. The maximum Gasteiger partial charge on any atom is 0.408 e. The molecule has 1 N–H and O–H groups in total. The van der Waals surface area contributed by atoms with Gasteiger partial charge in [-0.15, -0.1) is 0 Å². The molecule has 0 atom stereocenters. The first-order chi connectivity index (χ1) is 13.2. The van der Waals surface area contributed by atoms with E-state index in [1.165, 1.54) is 0 Å². The predicted molar refractivity (Wildman–Crippen MR) is 107 cm³/mol. The van der Waals surface area contributed by atoms with Gasteiger partial charge in [0.2, 0.25) is 11.8 Å². The van der Waals surface area contributed by atoms with Gasteiger partial charge in [-0.3, -0.25) is 9.59 Å². The second-order valence-electron chi connectivity index (χ2n) is 7.96. The molecule has 0 unspecified atom stereocenters. The number of nitrogens with one attached hydrogen (secondary N) is 1. The number of hydrogen-bond donors (Lipinski definition) is 1. The van der Waals surface area contributed by atoms with Crippen molar-refractivity contribution in [1.29, 1.82) is 0 Å². The summed E-state index contributed by atoms with van der Waals surface area (Å²) in [4.78, 5) is 40.1. The molecular weight excluding hydrogens is 358 g/mol. The van der Waals surface area contributed by atoms with Crippen molar-refractivity contribution in [2.75, 3.05) is 32.7 Å². The molecule has 7 nitrogen and oxygen atoms in total. The van der Waals surface area contributed by atoms with Crippen LogP contribution in [-0.4, -0.2) is 66.0 Å². The second kappa shape index (κ2) is 10.1. The molecule has 1 aromatic rings. The molecule has 1 aliphatic rings. The van der Waals surface area contributed by atoms with E-state index in [0.29, 0.717) is 32.6 Å². The molecule has 1 fully saturated rings. The van der Waals surface area contributed by atoms with Crippen LogP contribution in [0.15, 0.2) is 30.3 Å². The van der Waals surface area contributed by atoms with Crippen LogP contribution >= 0.6 is 0 Å². The van der Waals surface area contributed by atoms with Gasteiger partial charge in [-0.1, -0.05) is 30.3 Å². The van der Waals surface area contributed by atoms with Crippen LogP contribution in [0, 0.1) is 0 Å². The van der Waals surface area contributed by atoms with E-state index in [1.807, 2.05) is 35.2 Å². The van der Waals surface area contributed by atoms with Crippen LogP contribution < -0.4 is 5.32 Å². The summed E-state index contributed by atoms with van der Waals surface area (Å²) in [5.74, 6) is -0.0468. The highest BCUT2D eigenvalue weighted by Gasteiger charge is 2.23. The Morgan fingerprint density at radius 1 is 0.964 bits per heavy atom. The third kappa shape index (κ3) is 7.58. The fourth-order valence-corrected chi connectivity index (χ4v) is 3.04. The number of alkyl carbamates (subject to hydrolysis) is 1. The molecule has 0 bridgehead atoms. The fourth-order valence-electron chi connectivity index (χ4n) is 3.04. The predicted octanol–water partition coefficient (Wildman–Crippen LogP) is 2.20. The highest BCUT2D eigenvalue weighted by Crippen LogP contribution is 2.09. The number of hydrogen-bond acceptors (Lipinski definition) is 4. The topological polar surface area (TPSA) is 79.0 Å². The first kappa shape index (κ1) is 21.7. The van der Waals surface area contributed by atoms with E-state index in [0.717, 1.165) is 18.4 Å². The molecular formula is C21H31N3O4. The van der Waals surface area contributed by atoms with Crippen LogP contribution in [-0.2, 0) is 20.7 Å². The third-order valence-electron chi connectivity index (χ3n) is 4.45. The number of amides is 3. The molecule has 0 saturated carbocycles. The molecule has 1 heterocycles. The Morgan fingerprint density at radius 2 is 1.57 bits per heavy atom. The number of nitrogens with zero attached hydrogens (tertiary/aromatic N) is 2. The standard InChI is InChI=1S/C21H31N3O4/c1-21(2,3)28-20(27)22-16-19(26)24-13-7-12-23(14-15-24)18(25)11-10-17-8-5-4-6-9-17/h4-6,8-9H,7,10-16H2,1-3H3,(H,22,27). The average molecular weight is 389 g/mol. The second-order valence-corrected chi connectivity index (χ2v) is 7.96. The van der Waals surface area contributed by atoms with E-state index < -0.39 is 11.7 Å². The largest absolute Gasteiger partial charge is 0.444 e. The highest BCUT2D eigenvalue weighted by molar-refractivity contribution is 5.82. The van der Waals surface area contributed by atoms with Gasteiger partial charge in [-0.05, 0) is 39.2 Å². The average Bonchev–Trinajstić information content (AvgIpc) is 2.90. The van der Waals surface area contributed by atoms with Crippen molar-refractivity contribution in [2.45, 2.75) is 45.6 Å². The minimum absolute atomic E-state index is 0.100. The van der Waals surface area contributed by atoms with Gasteiger partial charge < -0.3 is 19.9 Å². The first-order valence-electron chi connectivity index (χ1n) is 9.81. The minimum atomic E-state index is -0.603. The fraction of sp³-hybridized carbons (Fsp3) is 0.571. The zero-order valence-corrected chi connectivity index (χ0v) is 17.1. The number of carbonyl (C=O) groups excluding carboxylic acids is 3. The molecule has 0 aliphatic carbocycles. The van der Waals surface area contributed by atoms with Gasteiger partial charge in [0.15, 0.2) is 0 Å². The van der Waals surface area contributed by atoms with Crippen molar-refractivity contribution in [3.05, 3.63) is 35.9 Å². The van der Waals surface area contributed by atoms with Crippen LogP contribution in [0.3, 0.4) is 0 Å². The zero-order chi connectivity index (χ0) is 20.6. The molecule has 7 heteroatoms. The van der Waals surface area contributed by atoms with Gasteiger partial charge in [-0.2, -0.15) is 0 Å². The third-order valence-corrected chi connectivity index (χ3v) is 4.45. The van der Waals surface area contributed by atoms with Crippen LogP contribution in [0.25, 0.3) is 0 Å². The van der Waals surface area contributed by atoms with Crippen LogP contribution in [0.5, 0.6) is 0 Å². The maximum atomic E-state index is 12.5. The summed E-state index contributed by atoms with van der Waals surface area (Å²) in [6.45, 7) is 7.44. The normalized spacial score (nSPS) is 15.0. The van der Waals surface area contributed by atoms with Crippen molar-refractivity contribution in [2.24, 2.45) is 0 Å². The monoisotopic (exact) mass is 389 g/mol. The van der Waals surface area contributed by atoms with E-state index in [1.54, 1.807) is 25.7 Å². The van der Waals surface area contributed by atoms with Gasteiger partial charge >= 0.3 is 6.09 Å². The lowest BCUT2D eigenvalue weighted by molar-refractivity contribution is -0.133. The molecule has 0 aromatic heterocycles. The van der Waals surface area contributed by atoms with Crippen molar-refractivity contribution in [3.8, 4) is 0 Å². The lowest BCUT2D eigenvalue weighted by Gasteiger charge is -2.23. The molecule has 1 saturated heterocycles. The van der Waals surface area contributed by atoms with E-state index in [4.69, 9.17) is 4.74 Å².